The number of amides is 1. The Kier molecular flexibility index (Phi) is 4.37. The molecule has 1 aromatic heterocycles. The Hall–Kier alpha value is -1.01. The number of H-pyrrole nitrogens is 1. The topological polar surface area (TPSA) is 78.0 Å². The van der Waals surface area contributed by atoms with E-state index in [4.69, 9.17) is 0 Å². The van der Waals surface area contributed by atoms with Crippen LogP contribution >= 0.6 is 11.8 Å². The molecular formula is C10H17N3O2S. The third-order valence-corrected chi connectivity index (χ3v) is 2.93. The summed E-state index contributed by atoms with van der Waals surface area (Å²) in [4.78, 5) is 11.6. The summed E-state index contributed by atoms with van der Waals surface area (Å²) in [6.45, 7) is 3.74. The number of aryl methyl sites for hydroxylation is 1. The standard InChI is InChI=1S/C10H17N3O2S/c1-7-4-8(13-12-7)9(14)11-5-10(2,15)6-16-3/h4,15H,5-6H2,1-3H3,(H,11,14)(H,12,13). The minimum Gasteiger partial charge on any atom is -0.387 e. The summed E-state index contributed by atoms with van der Waals surface area (Å²) in [7, 11) is 0. The first-order valence-electron chi connectivity index (χ1n) is 4.96. The van der Waals surface area contributed by atoms with Crippen LogP contribution in [0.25, 0.3) is 0 Å². The molecule has 0 aromatic carbocycles. The van der Waals surface area contributed by atoms with Gasteiger partial charge in [0.2, 0.25) is 0 Å². The average molecular weight is 243 g/mol. The molecule has 1 amide bonds. The van der Waals surface area contributed by atoms with Crippen molar-refractivity contribution in [2.24, 2.45) is 0 Å². The summed E-state index contributed by atoms with van der Waals surface area (Å²) in [5.41, 5.74) is 0.291. The molecule has 0 spiro atoms. The maximum absolute atomic E-state index is 11.6. The number of hydrogen-bond donors (Lipinski definition) is 3. The van der Waals surface area contributed by atoms with Crippen molar-refractivity contribution in [3.63, 3.8) is 0 Å². The second-order valence-corrected chi connectivity index (χ2v) is 4.91. The van der Waals surface area contributed by atoms with Gasteiger partial charge in [0.1, 0.15) is 5.69 Å². The van der Waals surface area contributed by atoms with Gasteiger partial charge in [-0.05, 0) is 26.2 Å². The Morgan fingerprint density at radius 2 is 2.44 bits per heavy atom. The van der Waals surface area contributed by atoms with E-state index in [1.807, 2.05) is 13.2 Å². The molecule has 0 saturated heterocycles. The van der Waals surface area contributed by atoms with E-state index in [-0.39, 0.29) is 12.5 Å². The molecule has 16 heavy (non-hydrogen) atoms. The maximum Gasteiger partial charge on any atom is 0.271 e. The predicted molar refractivity (Wildman–Crippen MR) is 64.7 cm³/mol. The molecule has 1 unspecified atom stereocenters. The summed E-state index contributed by atoms with van der Waals surface area (Å²) in [6, 6.07) is 1.67. The van der Waals surface area contributed by atoms with Gasteiger partial charge in [0, 0.05) is 18.0 Å². The lowest BCUT2D eigenvalue weighted by molar-refractivity contribution is 0.0722. The highest BCUT2D eigenvalue weighted by Gasteiger charge is 2.21. The highest BCUT2D eigenvalue weighted by molar-refractivity contribution is 7.98. The van der Waals surface area contributed by atoms with Crippen molar-refractivity contribution in [1.82, 2.24) is 15.5 Å². The van der Waals surface area contributed by atoms with Gasteiger partial charge in [-0.1, -0.05) is 0 Å². The molecule has 0 aliphatic rings. The lowest BCUT2D eigenvalue weighted by Crippen LogP contribution is -2.42. The fourth-order valence-electron chi connectivity index (χ4n) is 1.26. The van der Waals surface area contributed by atoms with E-state index in [1.165, 1.54) is 11.8 Å². The molecule has 1 rings (SSSR count). The van der Waals surface area contributed by atoms with Crippen LogP contribution in [0.4, 0.5) is 0 Å². The van der Waals surface area contributed by atoms with Crippen molar-refractivity contribution in [2.75, 3.05) is 18.6 Å². The molecule has 6 heteroatoms. The number of hydrogen-bond acceptors (Lipinski definition) is 4. The number of nitrogens with one attached hydrogen (secondary N) is 2. The van der Waals surface area contributed by atoms with Crippen molar-refractivity contribution >= 4 is 17.7 Å². The van der Waals surface area contributed by atoms with Gasteiger partial charge in [-0.3, -0.25) is 9.89 Å². The lowest BCUT2D eigenvalue weighted by atomic mass is 10.1. The molecule has 0 aliphatic heterocycles. The number of carbonyl (C=O) groups excluding carboxylic acids is 1. The van der Waals surface area contributed by atoms with Crippen LogP contribution in [-0.4, -0.2) is 45.4 Å². The Bertz CT molecular complexity index is 363. The number of carbonyl (C=O) groups is 1. The van der Waals surface area contributed by atoms with Crippen LogP contribution in [0.3, 0.4) is 0 Å². The van der Waals surface area contributed by atoms with E-state index >= 15 is 0 Å². The van der Waals surface area contributed by atoms with Crippen LogP contribution in [0, 0.1) is 6.92 Å². The summed E-state index contributed by atoms with van der Waals surface area (Å²) in [5.74, 6) is 0.304. The van der Waals surface area contributed by atoms with Crippen LogP contribution in [0.1, 0.15) is 23.1 Å². The summed E-state index contributed by atoms with van der Waals surface area (Å²) in [6.07, 6.45) is 1.91. The first kappa shape index (κ1) is 13.1. The molecule has 0 aliphatic carbocycles. The minimum absolute atomic E-state index is 0.221. The van der Waals surface area contributed by atoms with Gasteiger partial charge in [0.25, 0.3) is 5.91 Å². The monoisotopic (exact) mass is 243 g/mol. The van der Waals surface area contributed by atoms with Crippen LogP contribution in [-0.2, 0) is 0 Å². The minimum atomic E-state index is -0.888. The SMILES string of the molecule is CSCC(C)(O)CNC(=O)c1cc(C)[nH]n1. The number of aromatic amines is 1. The molecule has 1 heterocycles. The average Bonchev–Trinajstić information content (AvgIpc) is 2.61. The van der Waals surface area contributed by atoms with Gasteiger partial charge in [0.05, 0.1) is 5.60 Å². The van der Waals surface area contributed by atoms with Crippen LogP contribution in [0.5, 0.6) is 0 Å². The van der Waals surface area contributed by atoms with Crippen LogP contribution in [0.2, 0.25) is 0 Å². The number of thioether (sulfide) groups is 1. The Morgan fingerprint density at radius 3 is 2.94 bits per heavy atom. The highest BCUT2D eigenvalue weighted by atomic mass is 32.2. The van der Waals surface area contributed by atoms with Gasteiger partial charge in [-0.2, -0.15) is 16.9 Å². The van der Waals surface area contributed by atoms with Gasteiger partial charge in [-0.25, -0.2) is 0 Å². The zero-order valence-electron chi connectivity index (χ0n) is 9.70. The smallest absolute Gasteiger partial charge is 0.271 e. The number of aliphatic hydroxyl groups is 1. The van der Waals surface area contributed by atoms with Crippen LogP contribution < -0.4 is 5.32 Å². The molecule has 0 radical (unpaired) electrons. The van der Waals surface area contributed by atoms with Gasteiger partial charge < -0.3 is 10.4 Å². The summed E-state index contributed by atoms with van der Waals surface area (Å²) >= 11 is 1.54. The quantitative estimate of drug-likeness (QED) is 0.706. The van der Waals surface area contributed by atoms with Gasteiger partial charge >= 0.3 is 0 Å². The second-order valence-electron chi connectivity index (χ2n) is 4.05. The van der Waals surface area contributed by atoms with E-state index in [2.05, 4.69) is 15.5 Å². The van der Waals surface area contributed by atoms with Crippen molar-refractivity contribution in [3.05, 3.63) is 17.5 Å². The van der Waals surface area contributed by atoms with Crippen molar-refractivity contribution < 1.29 is 9.90 Å². The van der Waals surface area contributed by atoms with E-state index in [9.17, 15) is 9.90 Å². The third-order valence-electron chi connectivity index (χ3n) is 2.02. The summed E-state index contributed by atoms with van der Waals surface area (Å²) in [5, 5.41) is 19.0. The molecule has 1 aromatic rings. The zero-order valence-corrected chi connectivity index (χ0v) is 10.5. The molecule has 1 atom stereocenters. The number of rotatable bonds is 5. The Labute approximate surface area is 99.0 Å². The van der Waals surface area contributed by atoms with Gasteiger partial charge in [0.15, 0.2) is 0 Å². The molecule has 3 N–H and O–H groups in total. The fourth-order valence-corrected chi connectivity index (χ4v) is 1.98. The molecule has 0 bridgehead atoms. The first-order chi connectivity index (χ1) is 7.44. The van der Waals surface area contributed by atoms with E-state index in [1.54, 1.807) is 13.0 Å². The zero-order chi connectivity index (χ0) is 12.2. The fraction of sp³-hybridized carbons (Fsp3) is 0.600. The normalized spacial score (nSPS) is 14.5. The molecule has 0 saturated carbocycles. The van der Waals surface area contributed by atoms with E-state index in [0.29, 0.717) is 11.4 Å². The Balaban J connectivity index is 2.47. The first-order valence-corrected chi connectivity index (χ1v) is 6.35. The molecular weight excluding hydrogens is 226 g/mol. The van der Waals surface area contributed by atoms with Gasteiger partial charge in [-0.15, -0.1) is 0 Å². The van der Waals surface area contributed by atoms with Crippen molar-refractivity contribution in [3.8, 4) is 0 Å². The largest absolute Gasteiger partial charge is 0.387 e. The van der Waals surface area contributed by atoms with Crippen molar-refractivity contribution in [1.29, 1.82) is 0 Å². The van der Waals surface area contributed by atoms with Crippen molar-refractivity contribution in [2.45, 2.75) is 19.4 Å². The molecule has 5 nitrogen and oxygen atoms in total. The van der Waals surface area contributed by atoms with E-state index < -0.39 is 5.60 Å². The Morgan fingerprint density at radius 1 is 1.75 bits per heavy atom. The third kappa shape index (κ3) is 3.86. The lowest BCUT2D eigenvalue weighted by Gasteiger charge is -2.22. The highest BCUT2D eigenvalue weighted by Crippen LogP contribution is 2.09. The number of aromatic nitrogens is 2. The molecule has 0 fully saturated rings. The summed E-state index contributed by atoms with van der Waals surface area (Å²) < 4.78 is 0. The second kappa shape index (κ2) is 5.36. The predicted octanol–water partition coefficient (Wildman–Crippen LogP) is 0.562. The maximum atomic E-state index is 11.6. The van der Waals surface area contributed by atoms with E-state index in [0.717, 1.165) is 5.69 Å². The molecule has 90 valence electrons. The van der Waals surface area contributed by atoms with Crippen LogP contribution in [0.15, 0.2) is 6.07 Å². The number of nitrogens with zero attached hydrogens (tertiary/aromatic N) is 1.